The molecule has 1 aromatic carbocycles. The van der Waals surface area contributed by atoms with Crippen LogP contribution in [0.2, 0.25) is 0 Å². The molecular weight excluding hydrogens is 264 g/mol. The fourth-order valence-electron chi connectivity index (χ4n) is 2.91. The van der Waals surface area contributed by atoms with Crippen LogP contribution in [-0.4, -0.2) is 62.5 Å². The van der Waals surface area contributed by atoms with Crippen molar-refractivity contribution in [2.24, 2.45) is 0 Å². The first-order chi connectivity index (χ1) is 10.0. The average Bonchev–Trinajstić information content (AvgIpc) is 2.47. The van der Waals surface area contributed by atoms with E-state index in [4.69, 9.17) is 4.74 Å². The minimum absolute atomic E-state index is 0.133. The van der Waals surface area contributed by atoms with Crippen LogP contribution in [0.3, 0.4) is 0 Å². The van der Waals surface area contributed by atoms with E-state index in [1.165, 1.54) is 0 Å². The maximum Gasteiger partial charge on any atom is 0.180 e. The quantitative estimate of drug-likeness (QED) is 0.779. The number of carbonyl (C=O) groups is 1. The average molecular weight is 290 g/mol. The zero-order valence-electron chi connectivity index (χ0n) is 13.6. The number of ether oxygens (including phenoxy) is 1. The molecule has 0 N–H and O–H groups in total. The molecule has 0 amide bonds. The fourth-order valence-corrected chi connectivity index (χ4v) is 2.91. The molecular formula is C17H26N2O2. The first-order valence-electron chi connectivity index (χ1n) is 7.58. The molecule has 0 saturated carbocycles. The molecule has 1 aliphatic rings. The molecule has 0 aliphatic carbocycles. The van der Waals surface area contributed by atoms with Crippen LogP contribution in [0, 0.1) is 6.92 Å². The SMILES string of the molecule is COc1cc(C)ccc1C(=O)CN(C)C1CCN(C)CC1. The highest BCUT2D eigenvalue weighted by molar-refractivity contribution is 6.00. The van der Waals surface area contributed by atoms with Gasteiger partial charge in [-0.2, -0.15) is 0 Å². The highest BCUT2D eigenvalue weighted by atomic mass is 16.5. The Morgan fingerprint density at radius 1 is 1.38 bits per heavy atom. The number of hydrogen-bond donors (Lipinski definition) is 0. The number of hydrogen-bond acceptors (Lipinski definition) is 4. The summed E-state index contributed by atoms with van der Waals surface area (Å²) in [6.45, 7) is 4.67. The second-order valence-electron chi connectivity index (χ2n) is 6.08. The predicted molar refractivity (Wildman–Crippen MR) is 85.2 cm³/mol. The second kappa shape index (κ2) is 7.05. The molecule has 1 aromatic rings. The van der Waals surface area contributed by atoms with Crippen molar-refractivity contribution in [2.75, 3.05) is 40.8 Å². The lowest BCUT2D eigenvalue weighted by Crippen LogP contribution is -2.43. The minimum atomic E-state index is 0.133. The van der Waals surface area contributed by atoms with Crippen molar-refractivity contribution >= 4 is 5.78 Å². The van der Waals surface area contributed by atoms with Crippen molar-refractivity contribution in [2.45, 2.75) is 25.8 Å². The normalized spacial score (nSPS) is 17.2. The number of Topliss-reactive ketones (excluding diaryl/α,β-unsaturated/α-hetero) is 1. The molecule has 0 spiro atoms. The van der Waals surface area contributed by atoms with E-state index >= 15 is 0 Å². The van der Waals surface area contributed by atoms with E-state index in [9.17, 15) is 4.79 Å². The van der Waals surface area contributed by atoms with Gasteiger partial charge in [0.25, 0.3) is 0 Å². The molecule has 0 aromatic heterocycles. The Labute approximate surface area is 127 Å². The van der Waals surface area contributed by atoms with Crippen LogP contribution in [0.4, 0.5) is 0 Å². The number of likely N-dealkylation sites (N-methyl/N-ethyl adjacent to an activating group) is 1. The summed E-state index contributed by atoms with van der Waals surface area (Å²) in [5, 5.41) is 0. The van der Waals surface area contributed by atoms with Crippen LogP contribution in [0.25, 0.3) is 0 Å². The molecule has 0 unspecified atom stereocenters. The zero-order chi connectivity index (χ0) is 15.4. The van der Waals surface area contributed by atoms with E-state index in [1.54, 1.807) is 7.11 Å². The highest BCUT2D eigenvalue weighted by Crippen LogP contribution is 2.21. The Balaban J connectivity index is 2.01. The molecule has 1 aliphatic heterocycles. The lowest BCUT2D eigenvalue weighted by Gasteiger charge is -2.34. The Morgan fingerprint density at radius 2 is 2.05 bits per heavy atom. The Bertz CT molecular complexity index is 494. The third-order valence-electron chi connectivity index (χ3n) is 4.36. The van der Waals surface area contributed by atoms with Crippen molar-refractivity contribution in [3.8, 4) is 5.75 Å². The summed E-state index contributed by atoms with van der Waals surface area (Å²) in [4.78, 5) is 17.1. The molecule has 0 atom stereocenters. The van der Waals surface area contributed by atoms with Crippen molar-refractivity contribution < 1.29 is 9.53 Å². The minimum Gasteiger partial charge on any atom is -0.496 e. The van der Waals surface area contributed by atoms with Crippen LogP contribution >= 0.6 is 0 Å². The topological polar surface area (TPSA) is 32.8 Å². The molecule has 1 heterocycles. The van der Waals surface area contributed by atoms with Gasteiger partial charge in [-0.25, -0.2) is 0 Å². The highest BCUT2D eigenvalue weighted by Gasteiger charge is 2.23. The number of benzene rings is 1. The molecule has 21 heavy (non-hydrogen) atoms. The van der Waals surface area contributed by atoms with Gasteiger partial charge in [-0.05, 0) is 64.6 Å². The van der Waals surface area contributed by atoms with Gasteiger partial charge in [0.05, 0.1) is 19.2 Å². The maximum absolute atomic E-state index is 12.5. The van der Waals surface area contributed by atoms with Crippen molar-refractivity contribution in [1.29, 1.82) is 0 Å². The summed E-state index contributed by atoms with van der Waals surface area (Å²) >= 11 is 0. The van der Waals surface area contributed by atoms with Gasteiger partial charge in [0.2, 0.25) is 0 Å². The van der Waals surface area contributed by atoms with Gasteiger partial charge in [-0.15, -0.1) is 0 Å². The molecule has 116 valence electrons. The first kappa shape index (κ1) is 16.0. The standard InChI is InChI=1S/C17H26N2O2/c1-13-5-6-15(17(11-13)21-4)16(20)12-19(3)14-7-9-18(2)10-8-14/h5-6,11,14H,7-10,12H2,1-4H3. The maximum atomic E-state index is 12.5. The summed E-state index contributed by atoms with van der Waals surface area (Å²) in [6.07, 6.45) is 2.26. The van der Waals surface area contributed by atoms with Gasteiger partial charge in [0.15, 0.2) is 5.78 Å². The number of nitrogens with zero attached hydrogens (tertiary/aromatic N) is 2. The molecule has 4 nitrogen and oxygen atoms in total. The molecule has 0 radical (unpaired) electrons. The summed E-state index contributed by atoms with van der Waals surface area (Å²) in [5.41, 5.74) is 1.79. The van der Waals surface area contributed by atoms with Crippen LogP contribution in [0.5, 0.6) is 5.75 Å². The predicted octanol–water partition coefficient (Wildman–Crippen LogP) is 2.21. The van der Waals surface area contributed by atoms with Crippen molar-refractivity contribution in [3.05, 3.63) is 29.3 Å². The van der Waals surface area contributed by atoms with E-state index in [0.29, 0.717) is 23.9 Å². The summed E-state index contributed by atoms with van der Waals surface area (Å²) in [6, 6.07) is 6.26. The second-order valence-corrected chi connectivity index (χ2v) is 6.08. The third-order valence-corrected chi connectivity index (χ3v) is 4.36. The summed E-state index contributed by atoms with van der Waals surface area (Å²) in [7, 11) is 5.82. The van der Waals surface area contributed by atoms with E-state index in [2.05, 4.69) is 23.9 Å². The van der Waals surface area contributed by atoms with E-state index in [-0.39, 0.29) is 5.78 Å². The summed E-state index contributed by atoms with van der Waals surface area (Å²) < 4.78 is 5.34. The van der Waals surface area contributed by atoms with Gasteiger partial charge in [-0.1, -0.05) is 6.07 Å². The number of methoxy groups -OCH3 is 1. The zero-order valence-corrected chi connectivity index (χ0v) is 13.6. The summed E-state index contributed by atoms with van der Waals surface area (Å²) in [5.74, 6) is 0.810. The van der Waals surface area contributed by atoms with E-state index < -0.39 is 0 Å². The monoisotopic (exact) mass is 290 g/mol. The van der Waals surface area contributed by atoms with Crippen molar-refractivity contribution in [3.63, 3.8) is 0 Å². The van der Waals surface area contributed by atoms with Crippen LogP contribution in [0.15, 0.2) is 18.2 Å². The van der Waals surface area contributed by atoms with Crippen LogP contribution in [-0.2, 0) is 0 Å². The van der Waals surface area contributed by atoms with E-state index in [0.717, 1.165) is 31.5 Å². The van der Waals surface area contributed by atoms with E-state index in [1.807, 2.05) is 25.1 Å². The molecule has 4 heteroatoms. The van der Waals surface area contributed by atoms with Gasteiger partial charge >= 0.3 is 0 Å². The Hall–Kier alpha value is -1.39. The number of ketones is 1. The fraction of sp³-hybridized carbons (Fsp3) is 0.588. The first-order valence-corrected chi connectivity index (χ1v) is 7.58. The van der Waals surface area contributed by atoms with Crippen LogP contribution < -0.4 is 4.74 Å². The van der Waals surface area contributed by atoms with Crippen molar-refractivity contribution in [1.82, 2.24) is 9.80 Å². The molecule has 0 bridgehead atoms. The molecule has 1 fully saturated rings. The molecule has 2 rings (SSSR count). The van der Waals surface area contributed by atoms with Gasteiger partial charge in [-0.3, -0.25) is 9.69 Å². The Kier molecular flexibility index (Phi) is 5.37. The number of aryl methyl sites for hydroxylation is 1. The lowest BCUT2D eigenvalue weighted by molar-refractivity contribution is 0.0869. The number of piperidine rings is 1. The van der Waals surface area contributed by atoms with Gasteiger partial charge in [0, 0.05) is 6.04 Å². The Morgan fingerprint density at radius 3 is 2.67 bits per heavy atom. The number of likely N-dealkylation sites (tertiary alicyclic amines) is 1. The van der Waals surface area contributed by atoms with Gasteiger partial charge in [0.1, 0.15) is 5.75 Å². The van der Waals surface area contributed by atoms with Gasteiger partial charge < -0.3 is 9.64 Å². The number of rotatable bonds is 5. The molecule has 1 saturated heterocycles. The number of carbonyl (C=O) groups excluding carboxylic acids is 1. The lowest BCUT2D eigenvalue weighted by atomic mass is 10.0. The van der Waals surface area contributed by atoms with Crippen LogP contribution in [0.1, 0.15) is 28.8 Å². The smallest absolute Gasteiger partial charge is 0.180 e. The largest absolute Gasteiger partial charge is 0.496 e. The third kappa shape index (κ3) is 4.05.